The van der Waals surface area contributed by atoms with Crippen LogP contribution in [0.3, 0.4) is 0 Å². The third kappa shape index (κ3) is 3.31. The molecule has 2 rings (SSSR count). The summed E-state index contributed by atoms with van der Waals surface area (Å²) in [5.41, 5.74) is 1.28. The standard InChI is InChI=1S/C14H10BrCl2NO3/c1-18-11(6-13(19)20)8(15)5-12(18)14(21)7-2-3-9(16)10(17)4-7/h2-5H,6H2,1H3,(H,19,20). The molecule has 0 unspecified atom stereocenters. The van der Waals surface area contributed by atoms with E-state index in [-0.39, 0.29) is 12.2 Å². The van der Waals surface area contributed by atoms with E-state index in [0.717, 1.165) is 0 Å². The molecule has 0 spiro atoms. The lowest BCUT2D eigenvalue weighted by Gasteiger charge is -2.07. The van der Waals surface area contributed by atoms with Gasteiger partial charge in [-0.1, -0.05) is 23.2 Å². The normalized spacial score (nSPS) is 10.7. The lowest BCUT2D eigenvalue weighted by Crippen LogP contribution is -2.11. The molecule has 0 saturated carbocycles. The summed E-state index contributed by atoms with van der Waals surface area (Å²) in [6.45, 7) is 0. The predicted octanol–water partition coefficient (Wildman–Crippen LogP) is 3.95. The second kappa shape index (κ2) is 6.22. The summed E-state index contributed by atoms with van der Waals surface area (Å²) in [7, 11) is 1.65. The van der Waals surface area contributed by atoms with Gasteiger partial charge in [0.05, 0.1) is 22.2 Å². The molecule has 0 bridgehead atoms. The highest BCUT2D eigenvalue weighted by Crippen LogP contribution is 2.27. The van der Waals surface area contributed by atoms with Crippen LogP contribution in [0.1, 0.15) is 21.7 Å². The van der Waals surface area contributed by atoms with Gasteiger partial charge < -0.3 is 9.67 Å². The van der Waals surface area contributed by atoms with E-state index < -0.39 is 5.97 Å². The Morgan fingerprint density at radius 1 is 1.24 bits per heavy atom. The zero-order chi connectivity index (χ0) is 15.7. The van der Waals surface area contributed by atoms with Crippen molar-refractivity contribution in [1.29, 1.82) is 0 Å². The maximum atomic E-state index is 12.5. The minimum absolute atomic E-state index is 0.175. The number of aliphatic carboxylic acids is 1. The van der Waals surface area contributed by atoms with E-state index in [2.05, 4.69) is 15.9 Å². The van der Waals surface area contributed by atoms with Crippen molar-refractivity contribution in [3.63, 3.8) is 0 Å². The van der Waals surface area contributed by atoms with Crippen LogP contribution in [0.15, 0.2) is 28.7 Å². The molecule has 1 N–H and O–H groups in total. The highest BCUT2D eigenvalue weighted by atomic mass is 79.9. The molecule has 1 heterocycles. The van der Waals surface area contributed by atoms with Gasteiger partial charge in [-0.3, -0.25) is 9.59 Å². The number of rotatable bonds is 4. The lowest BCUT2D eigenvalue weighted by molar-refractivity contribution is -0.136. The first kappa shape index (κ1) is 16.1. The Hall–Kier alpha value is -1.30. The van der Waals surface area contributed by atoms with Gasteiger partial charge in [-0.15, -0.1) is 0 Å². The van der Waals surface area contributed by atoms with E-state index in [1.54, 1.807) is 29.8 Å². The minimum Gasteiger partial charge on any atom is -0.481 e. The number of carbonyl (C=O) groups excluding carboxylic acids is 1. The van der Waals surface area contributed by atoms with Crippen LogP contribution in [0.4, 0.5) is 0 Å². The molecule has 0 aliphatic heterocycles. The molecule has 0 amide bonds. The smallest absolute Gasteiger partial charge is 0.309 e. The number of hydrogen-bond acceptors (Lipinski definition) is 2. The summed E-state index contributed by atoms with van der Waals surface area (Å²) in [6, 6.07) is 6.22. The highest BCUT2D eigenvalue weighted by Gasteiger charge is 2.20. The van der Waals surface area contributed by atoms with Gasteiger partial charge in [-0.2, -0.15) is 0 Å². The SMILES string of the molecule is Cn1c(C(=O)c2ccc(Cl)c(Cl)c2)cc(Br)c1CC(=O)O. The molecule has 0 aliphatic rings. The van der Waals surface area contributed by atoms with Gasteiger partial charge in [0.2, 0.25) is 5.78 Å². The van der Waals surface area contributed by atoms with E-state index >= 15 is 0 Å². The van der Waals surface area contributed by atoms with Crippen molar-refractivity contribution in [1.82, 2.24) is 4.57 Å². The summed E-state index contributed by atoms with van der Waals surface area (Å²) in [5.74, 6) is -1.22. The fraction of sp³-hybridized carbons (Fsp3) is 0.143. The Balaban J connectivity index is 2.44. The van der Waals surface area contributed by atoms with Crippen LogP contribution in [-0.4, -0.2) is 21.4 Å². The summed E-state index contributed by atoms with van der Waals surface area (Å²) < 4.78 is 2.14. The van der Waals surface area contributed by atoms with Crippen LogP contribution in [0.2, 0.25) is 10.0 Å². The summed E-state index contributed by atoms with van der Waals surface area (Å²) in [4.78, 5) is 23.3. The highest BCUT2D eigenvalue weighted by molar-refractivity contribution is 9.10. The van der Waals surface area contributed by atoms with Gasteiger partial charge in [0.15, 0.2) is 0 Å². The van der Waals surface area contributed by atoms with Gasteiger partial charge in [-0.25, -0.2) is 0 Å². The number of carboxylic acid groups (broad SMARTS) is 1. The molecule has 21 heavy (non-hydrogen) atoms. The predicted molar refractivity (Wildman–Crippen MR) is 84.3 cm³/mol. The maximum Gasteiger partial charge on any atom is 0.309 e. The van der Waals surface area contributed by atoms with E-state index in [9.17, 15) is 9.59 Å². The first-order chi connectivity index (χ1) is 9.81. The van der Waals surface area contributed by atoms with E-state index in [4.69, 9.17) is 28.3 Å². The quantitative estimate of drug-likeness (QED) is 0.804. The third-order valence-corrected chi connectivity index (χ3v) is 4.46. The van der Waals surface area contributed by atoms with Crippen molar-refractivity contribution in [3.8, 4) is 0 Å². The molecule has 1 aromatic heterocycles. The number of nitrogens with zero attached hydrogens (tertiary/aromatic N) is 1. The van der Waals surface area contributed by atoms with Crippen LogP contribution < -0.4 is 0 Å². The molecule has 2 aromatic rings. The lowest BCUT2D eigenvalue weighted by atomic mass is 10.1. The molecule has 110 valence electrons. The molecule has 0 saturated heterocycles. The Kier molecular flexibility index (Phi) is 4.76. The Labute approximate surface area is 139 Å². The number of benzene rings is 1. The van der Waals surface area contributed by atoms with Crippen LogP contribution in [-0.2, 0) is 18.3 Å². The van der Waals surface area contributed by atoms with Crippen LogP contribution >= 0.6 is 39.1 Å². The number of carboxylic acids is 1. The fourth-order valence-corrected chi connectivity index (χ4v) is 2.88. The molecular formula is C14H10BrCl2NO3. The van der Waals surface area contributed by atoms with Crippen molar-refractivity contribution in [2.45, 2.75) is 6.42 Å². The van der Waals surface area contributed by atoms with Crippen molar-refractivity contribution >= 4 is 50.9 Å². The number of ketones is 1. The van der Waals surface area contributed by atoms with Gasteiger partial charge in [0.25, 0.3) is 0 Å². The Bertz CT molecular complexity index is 740. The summed E-state index contributed by atoms with van der Waals surface area (Å²) in [6.07, 6.45) is -0.175. The molecule has 0 radical (unpaired) electrons. The van der Waals surface area contributed by atoms with Gasteiger partial charge in [-0.05, 0) is 40.2 Å². The zero-order valence-electron chi connectivity index (χ0n) is 10.9. The summed E-state index contributed by atoms with van der Waals surface area (Å²) in [5, 5.41) is 9.56. The Morgan fingerprint density at radius 3 is 2.48 bits per heavy atom. The van der Waals surface area contributed by atoms with E-state index in [1.807, 2.05) is 0 Å². The molecular weight excluding hydrogens is 381 g/mol. The van der Waals surface area contributed by atoms with Crippen molar-refractivity contribution in [2.24, 2.45) is 7.05 Å². The number of aromatic nitrogens is 1. The molecule has 1 aromatic carbocycles. The molecule has 0 atom stereocenters. The van der Waals surface area contributed by atoms with E-state index in [1.165, 1.54) is 6.07 Å². The first-order valence-electron chi connectivity index (χ1n) is 5.87. The monoisotopic (exact) mass is 389 g/mol. The van der Waals surface area contributed by atoms with Crippen molar-refractivity contribution in [2.75, 3.05) is 0 Å². The van der Waals surface area contributed by atoms with Gasteiger partial charge >= 0.3 is 5.97 Å². The van der Waals surface area contributed by atoms with Gasteiger partial charge in [0, 0.05) is 22.8 Å². The second-order valence-corrected chi connectivity index (χ2v) is 6.08. The van der Waals surface area contributed by atoms with Crippen LogP contribution in [0.5, 0.6) is 0 Å². The average molecular weight is 391 g/mol. The van der Waals surface area contributed by atoms with Crippen LogP contribution in [0.25, 0.3) is 0 Å². The summed E-state index contributed by atoms with van der Waals surface area (Å²) >= 11 is 15.0. The topological polar surface area (TPSA) is 59.3 Å². The van der Waals surface area contributed by atoms with E-state index in [0.29, 0.717) is 31.5 Å². The minimum atomic E-state index is -0.967. The molecule has 0 aliphatic carbocycles. The first-order valence-corrected chi connectivity index (χ1v) is 7.41. The maximum absolute atomic E-state index is 12.5. The average Bonchev–Trinajstić information content (AvgIpc) is 2.68. The molecule has 7 heteroatoms. The molecule has 0 fully saturated rings. The second-order valence-electron chi connectivity index (χ2n) is 4.41. The van der Waals surface area contributed by atoms with Crippen molar-refractivity contribution in [3.05, 3.63) is 55.7 Å². The fourth-order valence-electron chi connectivity index (χ4n) is 1.96. The van der Waals surface area contributed by atoms with Crippen LogP contribution in [0, 0.1) is 0 Å². The zero-order valence-corrected chi connectivity index (χ0v) is 14.0. The number of hydrogen-bond donors (Lipinski definition) is 1. The number of halogens is 3. The van der Waals surface area contributed by atoms with Gasteiger partial charge in [0.1, 0.15) is 0 Å². The molecule has 4 nitrogen and oxygen atoms in total. The van der Waals surface area contributed by atoms with Crippen molar-refractivity contribution < 1.29 is 14.7 Å². The number of carbonyl (C=O) groups is 2. The largest absolute Gasteiger partial charge is 0.481 e. The Morgan fingerprint density at radius 2 is 1.90 bits per heavy atom. The third-order valence-electron chi connectivity index (χ3n) is 3.04.